The van der Waals surface area contributed by atoms with Gasteiger partial charge in [-0.1, -0.05) is 24.3 Å². The Hall–Kier alpha value is -3.39. The molecule has 6 rings (SSSR count). The number of hydrogen-bond donors (Lipinski definition) is 2. The molecule has 1 fully saturated rings. The molecule has 1 aliphatic carbocycles. The fourth-order valence-electron chi connectivity index (χ4n) is 5.59. The number of nitrogens with two attached hydrogens (primary N) is 1. The molecule has 0 spiro atoms. The molecular weight excluding hydrogens is 458 g/mol. The fourth-order valence-corrected chi connectivity index (χ4v) is 6.49. The first-order valence-corrected chi connectivity index (χ1v) is 13.2. The maximum Gasteiger partial charge on any atom is 0.303 e. The summed E-state index contributed by atoms with van der Waals surface area (Å²) in [5.41, 5.74) is 12.5. The molecule has 35 heavy (non-hydrogen) atoms. The largest absolute Gasteiger partial charge is 0.481 e. The van der Waals surface area contributed by atoms with E-state index in [1.165, 1.54) is 0 Å². The second-order valence-corrected chi connectivity index (χ2v) is 10.5. The molecule has 0 radical (unpaired) electrons. The second-order valence-electron chi connectivity index (χ2n) is 9.59. The number of thioether (sulfide) groups is 1. The van der Waals surface area contributed by atoms with Crippen molar-refractivity contribution >= 4 is 40.1 Å². The number of para-hydroxylation sites is 1. The van der Waals surface area contributed by atoms with Gasteiger partial charge in [0.2, 0.25) is 0 Å². The van der Waals surface area contributed by atoms with E-state index >= 15 is 0 Å². The molecule has 3 aromatic heterocycles. The zero-order valence-electron chi connectivity index (χ0n) is 19.3. The van der Waals surface area contributed by atoms with Gasteiger partial charge in [-0.25, -0.2) is 4.98 Å². The summed E-state index contributed by atoms with van der Waals surface area (Å²) in [5, 5.41) is 17.1. The zero-order valence-corrected chi connectivity index (χ0v) is 20.1. The predicted octanol–water partition coefficient (Wildman–Crippen LogP) is 5.62. The standard InChI is InChI=1S/C27H27N5O2S/c28-26-24(19-9-10-35-15-19)25(17-7-5-16(6-8-17)11-23(33)34)31-27-21(14-30-32(26)27)20-12-18-3-1-2-4-22(18)29-13-20/h1-4,9-10,12-14,16-17,19H,5-8,11,15,28H2,(H,33,34)/t16-,17+,19?. The van der Waals surface area contributed by atoms with Gasteiger partial charge < -0.3 is 10.8 Å². The van der Waals surface area contributed by atoms with E-state index in [1.54, 1.807) is 16.3 Å². The summed E-state index contributed by atoms with van der Waals surface area (Å²) in [6.07, 6.45) is 9.83. The zero-order chi connectivity index (χ0) is 23.9. The van der Waals surface area contributed by atoms with E-state index in [0.717, 1.165) is 70.4 Å². The van der Waals surface area contributed by atoms with Crippen molar-refractivity contribution in [3.05, 3.63) is 65.5 Å². The quantitative estimate of drug-likeness (QED) is 0.378. The Morgan fingerprint density at radius 3 is 2.77 bits per heavy atom. The Morgan fingerprint density at radius 1 is 1.17 bits per heavy atom. The molecule has 7 nitrogen and oxygen atoms in total. The van der Waals surface area contributed by atoms with Crippen molar-refractivity contribution in [1.29, 1.82) is 0 Å². The predicted molar refractivity (Wildman–Crippen MR) is 139 cm³/mol. The molecule has 178 valence electrons. The third-order valence-electron chi connectivity index (χ3n) is 7.40. The second kappa shape index (κ2) is 9.00. The number of carboxylic acids is 1. The van der Waals surface area contributed by atoms with Crippen LogP contribution >= 0.6 is 11.8 Å². The maximum absolute atomic E-state index is 11.2. The Morgan fingerprint density at radius 2 is 2.00 bits per heavy atom. The van der Waals surface area contributed by atoms with Gasteiger partial charge >= 0.3 is 5.97 Å². The summed E-state index contributed by atoms with van der Waals surface area (Å²) >= 11 is 1.79. The first-order chi connectivity index (χ1) is 17.1. The van der Waals surface area contributed by atoms with Crippen molar-refractivity contribution in [2.45, 2.75) is 43.9 Å². The highest BCUT2D eigenvalue weighted by molar-refractivity contribution is 8.02. The fraction of sp³-hybridized carbons (Fsp3) is 0.333. The van der Waals surface area contributed by atoms with Gasteiger partial charge in [0.05, 0.1) is 17.4 Å². The number of aliphatic carboxylic acids is 1. The van der Waals surface area contributed by atoms with E-state index in [1.807, 2.05) is 30.6 Å². The van der Waals surface area contributed by atoms with Gasteiger partial charge in [0, 0.05) is 52.3 Å². The van der Waals surface area contributed by atoms with Crippen LogP contribution in [0.4, 0.5) is 5.82 Å². The average molecular weight is 486 g/mol. The highest BCUT2D eigenvalue weighted by Crippen LogP contribution is 2.44. The molecule has 4 heterocycles. The van der Waals surface area contributed by atoms with Crippen molar-refractivity contribution in [1.82, 2.24) is 19.6 Å². The van der Waals surface area contributed by atoms with Gasteiger partial charge in [0.25, 0.3) is 0 Å². The molecule has 2 aliphatic rings. The van der Waals surface area contributed by atoms with Gasteiger partial charge in [0.1, 0.15) is 5.82 Å². The number of carbonyl (C=O) groups is 1. The summed E-state index contributed by atoms with van der Waals surface area (Å²) < 4.78 is 1.77. The lowest BCUT2D eigenvalue weighted by Gasteiger charge is -2.30. The minimum Gasteiger partial charge on any atom is -0.481 e. The number of nitrogen functional groups attached to an aromatic ring is 1. The summed E-state index contributed by atoms with van der Waals surface area (Å²) in [5.74, 6) is 1.59. The minimum absolute atomic E-state index is 0.207. The number of pyridine rings is 1. The number of hydrogen-bond acceptors (Lipinski definition) is 6. The molecule has 1 aliphatic heterocycles. The summed E-state index contributed by atoms with van der Waals surface area (Å²) in [6, 6.07) is 10.2. The van der Waals surface area contributed by atoms with Crippen LogP contribution in [0.15, 0.2) is 54.2 Å². The van der Waals surface area contributed by atoms with E-state index in [4.69, 9.17) is 10.7 Å². The van der Waals surface area contributed by atoms with E-state index in [0.29, 0.717) is 5.82 Å². The summed E-state index contributed by atoms with van der Waals surface area (Å²) in [7, 11) is 0. The van der Waals surface area contributed by atoms with Crippen LogP contribution in [-0.2, 0) is 4.79 Å². The number of nitrogens with zero attached hydrogens (tertiary/aromatic N) is 4. The van der Waals surface area contributed by atoms with Crippen molar-refractivity contribution in [2.24, 2.45) is 5.92 Å². The smallest absolute Gasteiger partial charge is 0.303 e. The lowest BCUT2D eigenvalue weighted by atomic mass is 9.77. The number of carboxylic acid groups (broad SMARTS) is 1. The summed E-state index contributed by atoms with van der Waals surface area (Å²) in [4.78, 5) is 21.1. The van der Waals surface area contributed by atoms with E-state index in [2.05, 4.69) is 33.7 Å². The van der Waals surface area contributed by atoms with E-state index in [9.17, 15) is 9.90 Å². The number of benzene rings is 1. The van der Waals surface area contributed by atoms with Gasteiger partial charge in [-0.2, -0.15) is 9.61 Å². The van der Waals surface area contributed by atoms with E-state index < -0.39 is 5.97 Å². The molecule has 8 heteroatoms. The van der Waals surface area contributed by atoms with Crippen LogP contribution in [0.25, 0.3) is 27.7 Å². The Balaban J connectivity index is 1.45. The average Bonchev–Trinajstić information content (AvgIpc) is 3.54. The molecule has 4 aromatic rings. The van der Waals surface area contributed by atoms with Crippen LogP contribution in [0.5, 0.6) is 0 Å². The van der Waals surface area contributed by atoms with Crippen molar-refractivity contribution in [3.8, 4) is 11.1 Å². The monoisotopic (exact) mass is 485 g/mol. The SMILES string of the molecule is Nc1c(C2C=CSC2)c([C@H]2CC[C@@H](CC(=O)O)CC2)nc2c(-c3cnc4ccccc4c3)cnn12. The highest BCUT2D eigenvalue weighted by atomic mass is 32.2. The highest BCUT2D eigenvalue weighted by Gasteiger charge is 2.31. The summed E-state index contributed by atoms with van der Waals surface area (Å²) in [6.45, 7) is 0. The van der Waals surface area contributed by atoms with Gasteiger partial charge in [-0.15, -0.1) is 11.8 Å². The van der Waals surface area contributed by atoms with Gasteiger partial charge in [-0.05, 0) is 49.1 Å². The lowest BCUT2D eigenvalue weighted by molar-refractivity contribution is -0.138. The Kier molecular flexibility index (Phi) is 5.68. The van der Waals surface area contributed by atoms with Crippen molar-refractivity contribution < 1.29 is 9.90 Å². The third-order valence-corrected chi connectivity index (χ3v) is 8.30. The van der Waals surface area contributed by atoms with Crippen molar-refractivity contribution in [3.63, 3.8) is 0 Å². The number of allylic oxidation sites excluding steroid dienone is 1. The molecule has 1 atom stereocenters. The Bertz CT molecular complexity index is 1460. The normalized spacial score (nSPS) is 22.2. The third kappa shape index (κ3) is 4.05. The van der Waals surface area contributed by atoms with Gasteiger partial charge in [0.15, 0.2) is 5.65 Å². The van der Waals surface area contributed by atoms with Gasteiger partial charge in [-0.3, -0.25) is 9.78 Å². The Labute approximate surface area is 207 Å². The molecular formula is C27H27N5O2S. The van der Waals surface area contributed by atoms with Crippen LogP contribution in [0.1, 0.15) is 55.2 Å². The molecule has 0 amide bonds. The topological polar surface area (TPSA) is 106 Å². The van der Waals surface area contributed by atoms with Crippen LogP contribution in [0.3, 0.4) is 0 Å². The lowest BCUT2D eigenvalue weighted by Crippen LogP contribution is -2.21. The number of fused-ring (bicyclic) bond motifs is 2. The molecule has 1 saturated carbocycles. The molecule has 1 aromatic carbocycles. The number of aromatic nitrogens is 4. The van der Waals surface area contributed by atoms with Crippen molar-refractivity contribution in [2.75, 3.05) is 11.5 Å². The van der Waals surface area contributed by atoms with Crippen LogP contribution in [0.2, 0.25) is 0 Å². The number of rotatable bonds is 5. The van der Waals surface area contributed by atoms with Crippen LogP contribution in [0, 0.1) is 5.92 Å². The van der Waals surface area contributed by atoms with E-state index in [-0.39, 0.29) is 24.2 Å². The molecule has 0 bridgehead atoms. The first kappa shape index (κ1) is 22.1. The molecule has 3 N–H and O–H groups in total. The maximum atomic E-state index is 11.2. The molecule has 1 unspecified atom stereocenters. The van der Waals surface area contributed by atoms with Crippen LogP contribution in [-0.4, -0.2) is 36.4 Å². The first-order valence-electron chi connectivity index (χ1n) is 12.1. The van der Waals surface area contributed by atoms with Crippen LogP contribution < -0.4 is 5.73 Å². The number of anilines is 1. The molecule has 0 saturated heterocycles. The minimum atomic E-state index is -0.709.